The summed E-state index contributed by atoms with van der Waals surface area (Å²) >= 11 is 1.69. The Hall–Kier alpha value is -1.27. The fourth-order valence-corrected chi connectivity index (χ4v) is 6.59. The number of benzene rings is 2. The van der Waals surface area contributed by atoms with Crippen molar-refractivity contribution in [2.24, 2.45) is 0 Å². The van der Waals surface area contributed by atoms with E-state index in [2.05, 4.69) is 88.4 Å². The molecule has 0 unspecified atom stereocenters. The van der Waals surface area contributed by atoms with E-state index in [1.54, 1.807) is 27.4 Å². The van der Waals surface area contributed by atoms with Crippen LogP contribution in [0.5, 0.6) is 0 Å². The molecule has 0 bridgehead atoms. The van der Waals surface area contributed by atoms with Crippen LogP contribution in [0.15, 0.2) is 48.6 Å². The first-order valence-electron chi connectivity index (χ1n) is 13.2. The normalized spacial score (nSPS) is 19.4. The molecule has 0 radical (unpaired) electrons. The Balaban J connectivity index is 0.000000226. The molecule has 0 heterocycles. The molecule has 2 aromatic rings. The standard InChI is InChI=1S/C23H21.C6H10.C5H5.2ClH.Zr/c1-22(2)7-5-14-10-18-16(12-20(14)22)9-17-13-21-15(11-19(17)18)6-8-23(21,3)4;1-2-4-6-5-3-1;1-2-4-5-3-1;;;/h5-7,10-13H,9H2,1-4H3;1-5H2;1-3H,4H2;2*1H;/q-1;;-1;;;+2/p-2. The third-order valence-electron chi connectivity index (χ3n) is 7.90. The monoisotopic (exact) mass is 604 g/mol. The van der Waals surface area contributed by atoms with Crippen molar-refractivity contribution in [2.45, 2.75) is 83.5 Å². The van der Waals surface area contributed by atoms with Crippen LogP contribution in [0.3, 0.4) is 0 Å². The number of rotatable bonds is 0. The second kappa shape index (κ2) is 12.3. The third kappa shape index (κ3) is 6.49. The van der Waals surface area contributed by atoms with Crippen molar-refractivity contribution in [1.82, 2.24) is 0 Å². The first kappa shape index (κ1) is 30.3. The second-order valence-corrected chi connectivity index (χ2v) is 13.2. The molecular formula is C34H36Cl2Zr-2. The Morgan fingerprint density at radius 2 is 1.46 bits per heavy atom. The molecule has 2 aromatic carbocycles. The first-order chi connectivity index (χ1) is 16.7. The summed E-state index contributed by atoms with van der Waals surface area (Å²) in [6, 6.07) is 9.66. The molecule has 0 nitrogen and oxygen atoms in total. The number of allylic oxidation sites excluding steroid dienone is 6. The molecule has 0 saturated heterocycles. The fourth-order valence-electron chi connectivity index (χ4n) is 5.72. The summed E-state index contributed by atoms with van der Waals surface area (Å²) in [4.78, 5) is 0. The van der Waals surface area contributed by atoms with Crippen LogP contribution in [0, 0.1) is 12.2 Å². The summed E-state index contributed by atoms with van der Waals surface area (Å²) in [5, 5.41) is 0. The van der Waals surface area contributed by atoms with Crippen LogP contribution in [0.25, 0.3) is 23.3 Å². The predicted molar refractivity (Wildman–Crippen MR) is 147 cm³/mol. The molecular weight excluding hydrogens is 571 g/mol. The maximum atomic E-state index is 3.50. The molecule has 0 spiro atoms. The Kier molecular flexibility index (Phi) is 10.0. The average Bonchev–Trinajstić information content (AvgIpc) is 3.62. The van der Waals surface area contributed by atoms with Gasteiger partial charge in [-0.05, 0) is 45.9 Å². The zero-order valence-corrected chi connectivity index (χ0v) is 26.4. The van der Waals surface area contributed by atoms with Crippen LogP contribution in [-0.4, -0.2) is 3.21 Å². The summed E-state index contributed by atoms with van der Waals surface area (Å²) in [5.41, 5.74) is 11.7. The van der Waals surface area contributed by atoms with E-state index in [1.165, 1.54) is 76.6 Å². The van der Waals surface area contributed by atoms with Gasteiger partial charge >= 0.3 is 59.5 Å². The number of hydrogen-bond acceptors (Lipinski definition) is 0. The third-order valence-corrected chi connectivity index (χ3v) is 9.13. The summed E-state index contributed by atoms with van der Waals surface area (Å²) < 4.78 is 1.80. The summed E-state index contributed by atoms with van der Waals surface area (Å²) in [6.07, 6.45) is 28.7. The Bertz CT molecular complexity index is 1190. The summed E-state index contributed by atoms with van der Waals surface area (Å²) in [7, 11) is 0. The van der Waals surface area contributed by atoms with Crippen molar-refractivity contribution >= 4 is 15.4 Å². The van der Waals surface area contributed by atoms with Gasteiger partial charge in [-0.15, -0.1) is 18.1 Å². The van der Waals surface area contributed by atoms with Crippen molar-refractivity contribution in [3.8, 4) is 11.1 Å². The van der Waals surface area contributed by atoms with E-state index in [-0.39, 0.29) is 35.6 Å². The van der Waals surface area contributed by atoms with Gasteiger partial charge in [0, 0.05) is 5.41 Å². The molecule has 0 aliphatic heterocycles. The van der Waals surface area contributed by atoms with E-state index in [4.69, 9.17) is 0 Å². The van der Waals surface area contributed by atoms with E-state index in [0.717, 1.165) is 12.8 Å². The van der Waals surface area contributed by atoms with Gasteiger partial charge in [0.05, 0.1) is 0 Å². The minimum atomic E-state index is 0. The van der Waals surface area contributed by atoms with E-state index < -0.39 is 0 Å². The van der Waals surface area contributed by atoms with Crippen LogP contribution in [0.4, 0.5) is 0 Å². The topological polar surface area (TPSA) is 0 Å². The van der Waals surface area contributed by atoms with Gasteiger partial charge in [0.2, 0.25) is 0 Å². The quantitative estimate of drug-likeness (QED) is 0.346. The Labute approximate surface area is 251 Å². The van der Waals surface area contributed by atoms with Crippen molar-refractivity contribution in [1.29, 1.82) is 0 Å². The van der Waals surface area contributed by atoms with Gasteiger partial charge in [0.25, 0.3) is 0 Å². The van der Waals surface area contributed by atoms with Crippen molar-refractivity contribution in [2.75, 3.05) is 0 Å². The van der Waals surface area contributed by atoms with Crippen LogP contribution in [0.1, 0.15) is 99.6 Å². The molecule has 192 valence electrons. The summed E-state index contributed by atoms with van der Waals surface area (Å²) in [5.74, 6) is 0. The number of halogens is 2. The Morgan fingerprint density at radius 1 is 0.811 bits per heavy atom. The van der Waals surface area contributed by atoms with Gasteiger partial charge in [0.1, 0.15) is 0 Å². The van der Waals surface area contributed by atoms with Crippen molar-refractivity contribution in [3.63, 3.8) is 0 Å². The van der Waals surface area contributed by atoms with Crippen molar-refractivity contribution < 1.29 is 49.0 Å². The van der Waals surface area contributed by atoms with Gasteiger partial charge in [-0.1, -0.05) is 57.4 Å². The molecule has 0 amide bonds. The molecule has 0 N–H and O–H groups in total. The number of fused-ring (bicyclic) bond motifs is 5. The first-order valence-corrected chi connectivity index (χ1v) is 14.4. The zero-order chi connectivity index (χ0) is 24.6. The molecule has 1 fully saturated rings. The molecule has 3 heteroatoms. The van der Waals surface area contributed by atoms with E-state index in [1.807, 2.05) is 12.2 Å². The predicted octanol–water partition coefficient (Wildman–Crippen LogP) is 2.65. The second-order valence-electron chi connectivity index (χ2n) is 11.5. The summed E-state index contributed by atoms with van der Waals surface area (Å²) in [6.45, 7) is 9.13. The molecule has 5 aliphatic rings. The van der Waals surface area contributed by atoms with Gasteiger partial charge < -0.3 is 24.8 Å². The van der Waals surface area contributed by atoms with Crippen LogP contribution < -0.4 is 24.8 Å². The molecule has 0 aromatic heterocycles. The van der Waals surface area contributed by atoms with Gasteiger partial charge in [-0.2, -0.15) is 11.6 Å². The minimum absolute atomic E-state index is 0. The van der Waals surface area contributed by atoms with Gasteiger partial charge in [-0.25, -0.2) is 18.2 Å². The average molecular weight is 607 g/mol. The molecule has 0 atom stereocenters. The SMILES string of the molecule is CC1(C)[C-]=Cc2cc3c(cc21)Cc1cc2c(cc1-3)C=CC2(C)C.[C-]1=CC=CC1.[Cl-].[Cl-].[Zr+2]=[C]1CCCCC1. The molecule has 37 heavy (non-hydrogen) atoms. The maximum absolute atomic E-state index is 3.50. The molecule has 7 rings (SSSR count). The van der Waals surface area contributed by atoms with E-state index >= 15 is 0 Å². The van der Waals surface area contributed by atoms with Gasteiger partial charge in [-0.3, -0.25) is 12.2 Å². The molecule has 1 saturated carbocycles. The fraction of sp³-hybridized carbons (Fsp3) is 0.382. The van der Waals surface area contributed by atoms with Crippen LogP contribution in [0.2, 0.25) is 0 Å². The van der Waals surface area contributed by atoms with Gasteiger partial charge in [0.15, 0.2) is 0 Å². The van der Waals surface area contributed by atoms with Crippen LogP contribution >= 0.6 is 0 Å². The van der Waals surface area contributed by atoms with E-state index in [0.29, 0.717) is 0 Å². The van der Waals surface area contributed by atoms with Crippen molar-refractivity contribution in [3.05, 3.63) is 94.1 Å². The number of hydrogen-bond donors (Lipinski definition) is 0. The zero-order valence-electron chi connectivity index (χ0n) is 22.5. The van der Waals surface area contributed by atoms with E-state index in [9.17, 15) is 0 Å². The molecule has 5 aliphatic carbocycles. The van der Waals surface area contributed by atoms with Crippen LogP contribution in [-0.2, 0) is 41.5 Å². The Morgan fingerprint density at radius 3 is 2.00 bits per heavy atom.